The van der Waals surface area contributed by atoms with Gasteiger partial charge in [0.15, 0.2) is 28.8 Å². The molecule has 6 N–H and O–H groups in total. The van der Waals surface area contributed by atoms with Gasteiger partial charge in [0.25, 0.3) is 50.6 Å². The van der Waals surface area contributed by atoms with E-state index >= 15 is 0 Å². The molecule has 0 aromatic heterocycles. The van der Waals surface area contributed by atoms with Gasteiger partial charge in [-0.1, -0.05) is 42.9 Å². The van der Waals surface area contributed by atoms with E-state index in [0.717, 1.165) is 12.1 Å². The molecule has 2 atom stereocenters. The fourth-order valence-corrected chi connectivity index (χ4v) is 15.6. The van der Waals surface area contributed by atoms with Crippen LogP contribution in [0.25, 0.3) is 21.5 Å². The molecule has 2 unspecified atom stereocenters. The van der Waals surface area contributed by atoms with Crippen molar-refractivity contribution in [2.75, 3.05) is 90.8 Å². The first-order valence-corrected chi connectivity index (χ1v) is 38.0. The van der Waals surface area contributed by atoms with Crippen LogP contribution in [0.1, 0.15) is 69.9 Å². The van der Waals surface area contributed by atoms with Crippen molar-refractivity contribution in [1.82, 2.24) is 0 Å². The molecular weight excluding hydrogens is 1420 g/mol. The van der Waals surface area contributed by atoms with Gasteiger partial charge in [0.1, 0.15) is 16.4 Å². The zero-order chi connectivity index (χ0) is 71.9. The number of halogens is 4. The number of esters is 1. The van der Waals surface area contributed by atoms with Crippen molar-refractivity contribution in [2.24, 2.45) is 0 Å². The van der Waals surface area contributed by atoms with Crippen LogP contribution in [0.4, 0.5) is 28.9 Å². The molecule has 97 heavy (non-hydrogen) atoms. The summed E-state index contributed by atoms with van der Waals surface area (Å²) < 4.78 is 302. The molecule has 0 saturated carbocycles. The van der Waals surface area contributed by atoms with Gasteiger partial charge >= 0.3 is 16.1 Å². The molecule has 7 rings (SSSR count). The second kappa shape index (κ2) is 31.4. The number of ether oxygens (including phenoxy) is 6. The van der Waals surface area contributed by atoms with E-state index in [-0.39, 0.29) is 124 Å². The van der Waals surface area contributed by atoms with Gasteiger partial charge in [-0.05, 0) is 105 Å². The van der Waals surface area contributed by atoms with E-state index in [4.69, 9.17) is 28.2 Å². The molecule has 27 nitrogen and oxygen atoms in total. The summed E-state index contributed by atoms with van der Waals surface area (Å²) in [7, 11) is -28.1. The molecular formula is C60H69F4N2O25S6+. The summed E-state index contributed by atoms with van der Waals surface area (Å²) in [6, 6.07) is 8.85. The lowest BCUT2D eigenvalue weighted by Crippen LogP contribution is -2.32. The van der Waals surface area contributed by atoms with Gasteiger partial charge < -0.3 is 33.3 Å². The first-order valence-electron chi connectivity index (χ1n) is 29.2. The predicted octanol–water partition coefficient (Wildman–Crippen LogP) is 8.04. The maximum absolute atomic E-state index is 14.8. The highest BCUT2D eigenvalue weighted by molar-refractivity contribution is 7.87. The molecule has 0 radical (unpaired) electrons. The quantitative estimate of drug-likeness (QED) is 0.00326. The number of nitrogens with zero attached hydrogens (tertiary/aromatic N) is 2. The minimum Gasteiger partial charge on any atom is -0.420 e. The maximum Gasteiger partial charge on any atom is 0.311 e. The van der Waals surface area contributed by atoms with Crippen LogP contribution in [0.2, 0.25) is 0 Å². The molecule has 532 valence electrons. The van der Waals surface area contributed by atoms with E-state index in [1.54, 1.807) is 65.9 Å². The smallest absolute Gasteiger partial charge is 0.311 e. The molecule has 0 fully saturated rings. The van der Waals surface area contributed by atoms with Crippen molar-refractivity contribution < 1.29 is 133 Å². The first-order chi connectivity index (χ1) is 45.2. The number of carbonyl (C=O) groups excluding carboxylic acids is 1. The number of methoxy groups -OCH3 is 2. The number of unbranched alkanes of at least 4 members (excludes halogenated alkanes) is 2. The minimum absolute atomic E-state index is 0.0234. The highest BCUT2D eigenvalue weighted by Crippen LogP contribution is 2.54. The Morgan fingerprint density at radius 3 is 1.58 bits per heavy atom. The Balaban J connectivity index is 1.29. The molecule has 37 heteroatoms. The molecule has 0 spiro atoms. The molecule has 2 aliphatic heterocycles. The summed E-state index contributed by atoms with van der Waals surface area (Å²) in [4.78, 5) is 8.76. The number of rotatable bonds is 35. The number of hydrogen-bond donors (Lipinski definition) is 6. The summed E-state index contributed by atoms with van der Waals surface area (Å²) in [5.41, 5.74) is -0.558. The monoisotopic (exact) mass is 1490 g/mol. The molecule has 0 bridgehead atoms. The second-order valence-corrected chi connectivity index (χ2v) is 31.1. The van der Waals surface area contributed by atoms with Gasteiger partial charge in [0.2, 0.25) is 23.1 Å². The average molecular weight is 1490 g/mol. The summed E-state index contributed by atoms with van der Waals surface area (Å²) in [6.07, 6.45) is 10.4. The predicted molar refractivity (Wildman–Crippen MR) is 341 cm³/mol. The van der Waals surface area contributed by atoms with E-state index in [2.05, 4.69) is 4.74 Å². The number of fused-ring (bicyclic) bond motifs is 6. The van der Waals surface area contributed by atoms with Gasteiger partial charge in [0, 0.05) is 79.1 Å². The van der Waals surface area contributed by atoms with Crippen molar-refractivity contribution in [3.05, 3.63) is 131 Å². The minimum atomic E-state index is -5.83. The van der Waals surface area contributed by atoms with Crippen LogP contribution >= 0.6 is 0 Å². The SMILES string of the molecule is COCCOCCOCCOCCC1(C)C(=CC=CC=CC=CC2=[N+](CCOC)c3ccc4c(S(=O)(=O)O)cc(S(=O)(=O)O)cc4c3C2(C)CCCS(=O)(=O)O)N(CCCCCC(=O)Oc2c(F)c(F)c(S(=O)(=O)O)c(F)c2F)c2ccc3c(S(=O)(=O)O)cc(S(=O)(=O)O)cc3c21. The third-order valence-corrected chi connectivity index (χ3v) is 21.2. The third kappa shape index (κ3) is 18.3. The Labute approximate surface area is 557 Å². The van der Waals surface area contributed by atoms with Crippen LogP contribution in [0.15, 0.2) is 121 Å². The van der Waals surface area contributed by atoms with Crippen LogP contribution in [0.3, 0.4) is 0 Å². The van der Waals surface area contributed by atoms with Gasteiger partial charge in [-0.15, -0.1) is 0 Å². The average Bonchev–Trinajstić information content (AvgIpc) is 1.43. The lowest BCUT2D eigenvalue weighted by atomic mass is 9.74. The van der Waals surface area contributed by atoms with Gasteiger partial charge in [-0.2, -0.15) is 63.9 Å². The van der Waals surface area contributed by atoms with Crippen molar-refractivity contribution in [3.63, 3.8) is 0 Å². The standard InChI is InChI=1S/C60H68F4N2O25S6/c1-59(21-13-33-92(68,69)70)48(66(24-26-86-3)45-20-18-40-42(51(45)59)34-38(93(71,72)73)36-46(40)95(77,78)79)14-9-6-5-7-10-15-49-60(2,22-25-88-29-30-90-32-31-89-28-27-87-4)52-43-35-39(94(74,75)76)37-47(96(80,81)82)41(43)17-19-44(52)65(49)23-12-8-11-16-50(67)91-57-53(61)55(63)58(97(83,84)85)56(64)54(57)62/h5-7,9-10,14-15,17-20,34-37H,8,11-13,16,21-33H2,1-4H3,(H5-,68,69,70,71,72,73,74,75,76,77,78,79,80,81,82,83,84,85)/p+1. The summed E-state index contributed by atoms with van der Waals surface area (Å²) in [5.74, 6) is -14.0. The molecule has 0 saturated heterocycles. The van der Waals surface area contributed by atoms with Crippen LogP contribution in [-0.4, -0.2) is 180 Å². The van der Waals surface area contributed by atoms with Crippen LogP contribution in [-0.2, 0) is 100 Å². The fraction of sp³-hybridized carbons (Fsp3) is 0.400. The van der Waals surface area contributed by atoms with Crippen molar-refractivity contribution in [3.8, 4) is 5.75 Å². The number of benzene rings is 5. The van der Waals surface area contributed by atoms with Crippen LogP contribution in [0.5, 0.6) is 5.75 Å². The van der Waals surface area contributed by atoms with Crippen molar-refractivity contribution in [2.45, 2.75) is 94.1 Å². The van der Waals surface area contributed by atoms with Gasteiger partial charge in [0.05, 0.1) is 60.6 Å². The third-order valence-electron chi connectivity index (χ3n) is 16.0. The van der Waals surface area contributed by atoms with E-state index in [9.17, 15) is 95.6 Å². The number of allylic oxidation sites excluding steroid dienone is 8. The summed E-state index contributed by atoms with van der Waals surface area (Å²) >= 11 is 0. The zero-order valence-corrected chi connectivity index (χ0v) is 57.1. The number of hydrogen-bond acceptors (Lipinski definition) is 20. The van der Waals surface area contributed by atoms with E-state index in [0.29, 0.717) is 48.1 Å². The molecule has 5 aromatic rings. The zero-order valence-electron chi connectivity index (χ0n) is 52.2. The topological polar surface area (TPSA) is 405 Å². The Bertz CT molecular complexity index is 4730. The molecule has 0 aliphatic carbocycles. The normalized spacial score (nSPS) is 17.8. The Morgan fingerprint density at radius 1 is 0.536 bits per heavy atom. The lowest BCUT2D eigenvalue weighted by molar-refractivity contribution is -0.441. The van der Waals surface area contributed by atoms with Gasteiger partial charge in [-0.25, -0.2) is 8.78 Å². The highest BCUT2D eigenvalue weighted by Gasteiger charge is 2.50. The van der Waals surface area contributed by atoms with E-state index < -0.39 is 143 Å². The molecule has 0 amide bonds. The van der Waals surface area contributed by atoms with Crippen molar-refractivity contribution in [1.29, 1.82) is 0 Å². The molecule has 2 heterocycles. The van der Waals surface area contributed by atoms with Gasteiger partial charge in [-0.3, -0.25) is 32.1 Å². The Morgan fingerprint density at radius 2 is 1.05 bits per heavy atom. The summed E-state index contributed by atoms with van der Waals surface area (Å²) in [5, 5.41) is -0.419. The van der Waals surface area contributed by atoms with Crippen molar-refractivity contribution >= 4 is 105 Å². The lowest BCUT2D eigenvalue weighted by Gasteiger charge is -2.31. The maximum atomic E-state index is 14.8. The number of carbonyl (C=O) groups is 1. The van der Waals surface area contributed by atoms with Crippen LogP contribution < -0.4 is 9.64 Å². The van der Waals surface area contributed by atoms with E-state index in [1.165, 1.54) is 38.5 Å². The molecule has 5 aromatic carbocycles. The fourth-order valence-electron chi connectivity index (χ4n) is 11.7. The summed E-state index contributed by atoms with van der Waals surface area (Å²) in [6.45, 7) is 4.88. The Hall–Kier alpha value is -6.50. The second-order valence-electron chi connectivity index (χ2n) is 22.5. The first kappa shape index (κ1) is 77.8. The largest absolute Gasteiger partial charge is 0.420 e. The molecule has 2 aliphatic rings. The number of anilines is 1. The highest BCUT2D eigenvalue weighted by atomic mass is 32.2. The van der Waals surface area contributed by atoms with E-state index in [1.807, 2.05) is 0 Å². The van der Waals surface area contributed by atoms with Crippen LogP contribution in [0, 0.1) is 23.3 Å². The Kier molecular flexibility index (Phi) is 25.2.